The van der Waals surface area contributed by atoms with E-state index in [1.54, 1.807) is 6.07 Å². The molecule has 2 rings (SSSR count). The molecule has 2 atom stereocenters. The lowest BCUT2D eigenvalue weighted by atomic mass is 10.1. The van der Waals surface area contributed by atoms with Gasteiger partial charge in [0.2, 0.25) is 0 Å². The predicted octanol–water partition coefficient (Wildman–Crippen LogP) is 1.99. The summed E-state index contributed by atoms with van der Waals surface area (Å²) in [5.41, 5.74) is 6.76. The Balaban J connectivity index is 1.94. The summed E-state index contributed by atoms with van der Waals surface area (Å²) in [6, 6.07) is 4.12. The normalized spacial score (nSPS) is 22.9. The lowest BCUT2D eigenvalue weighted by Gasteiger charge is -2.40. The Kier molecular flexibility index (Phi) is 5.07. The Morgan fingerprint density at radius 1 is 1.30 bits per heavy atom. The van der Waals surface area contributed by atoms with E-state index in [4.69, 9.17) is 5.73 Å². The van der Waals surface area contributed by atoms with Crippen LogP contribution in [0.1, 0.15) is 25.5 Å². The van der Waals surface area contributed by atoms with Crippen molar-refractivity contribution in [3.05, 3.63) is 35.4 Å². The van der Waals surface area contributed by atoms with Gasteiger partial charge in [0, 0.05) is 38.3 Å². The summed E-state index contributed by atoms with van der Waals surface area (Å²) in [6.07, 6.45) is 0. The third kappa shape index (κ3) is 3.53. The number of halogens is 2. The second kappa shape index (κ2) is 6.61. The van der Waals surface area contributed by atoms with Crippen molar-refractivity contribution in [2.45, 2.75) is 25.9 Å². The van der Waals surface area contributed by atoms with E-state index >= 15 is 0 Å². The summed E-state index contributed by atoms with van der Waals surface area (Å²) in [5, 5.41) is 0. The van der Waals surface area contributed by atoms with Crippen molar-refractivity contribution in [2.75, 3.05) is 32.7 Å². The van der Waals surface area contributed by atoms with Crippen molar-refractivity contribution < 1.29 is 8.78 Å². The SMILES string of the molecule is CCN1CCN(CC(N)c2ccc(F)c(F)c2)CC1C. The standard InChI is InChI=1S/C15H23F2N3/c1-3-20-7-6-19(9-11(20)2)10-15(18)12-4-5-13(16)14(17)8-12/h4-5,8,11,15H,3,6-7,9-10,18H2,1-2H3. The van der Waals surface area contributed by atoms with Crippen LogP contribution in [0.15, 0.2) is 18.2 Å². The average Bonchev–Trinajstić information content (AvgIpc) is 2.42. The Hall–Kier alpha value is -1.04. The molecular weight excluding hydrogens is 260 g/mol. The first kappa shape index (κ1) is 15.4. The highest BCUT2D eigenvalue weighted by atomic mass is 19.2. The highest BCUT2D eigenvalue weighted by molar-refractivity contribution is 5.21. The van der Waals surface area contributed by atoms with Crippen LogP contribution in [-0.4, -0.2) is 48.6 Å². The fraction of sp³-hybridized carbons (Fsp3) is 0.600. The van der Waals surface area contributed by atoms with E-state index in [1.807, 2.05) is 0 Å². The molecule has 2 unspecified atom stereocenters. The van der Waals surface area contributed by atoms with Crippen molar-refractivity contribution in [3.63, 3.8) is 0 Å². The van der Waals surface area contributed by atoms with Crippen molar-refractivity contribution in [1.82, 2.24) is 9.80 Å². The molecule has 1 heterocycles. The van der Waals surface area contributed by atoms with Crippen molar-refractivity contribution in [2.24, 2.45) is 5.73 Å². The van der Waals surface area contributed by atoms with Gasteiger partial charge in [0.1, 0.15) is 0 Å². The van der Waals surface area contributed by atoms with E-state index in [9.17, 15) is 8.78 Å². The quantitative estimate of drug-likeness (QED) is 0.917. The average molecular weight is 283 g/mol. The molecule has 1 aliphatic rings. The first-order valence-electron chi connectivity index (χ1n) is 7.18. The van der Waals surface area contributed by atoms with Crippen LogP contribution in [0.25, 0.3) is 0 Å². The maximum absolute atomic E-state index is 13.2. The molecule has 0 saturated carbocycles. The van der Waals surface area contributed by atoms with Crippen LogP contribution in [0.3, 0.4) is 0 Å². The van der Waals surface area contributed by atoms with Crippen LogP contribution in [-0.2, 0) is 0 Å². The molecule has 112 valence electrons. The second-order valence-electron chi connectivity index (χ2n) is 5.52. The van der Waals surface area contributed by atoms with E-state index in [0.29, 0.717) is 18.2 Å². The van der Waals surface area contributed by atoms with Crippen molar-refractivity contribution in [1.29, 1.82) is 0 Å². The van der Waals surface area contributed by atoms with Gasteiger partial charge in [-0.2, -0.15) is 0 Å². The fourth-order valence-corrected chi connectivity index (χ4v) is 2.83. The summed E-state index contributed by atoms with van der Waals surface area (Å²) in [7, 11) is 0. The highest BCUT2D eigenvalue weighted by Gasteiger charge is 2.23. The molecule has 5 heteroatoms. The molecule has 1 saturated heterocycles. The van der Waals surface area contributed by atoms with E-state index < -0.39 is 11.6 Å². The second-order valence-corrected chi connectivity index (χ2v) is 5.52. The smallest absolute Gasteiger partial charge is 0.159 e. The van der Waals surface area contributed by atoms with Gasteiger partial charge in [-0.1, -0.05) is 13.0 Å². The summed E-state index contributed by atoms with van der Waals surface area (Å²) in [6.45, 7) is 9.07. The van der Waals surface area contributed by atoms with Gasteiger partial charge in [0.05, 0.1) is 0 Å². The molecule has 0 radical (unpaired) electrons. The molecule has 0 bridgehead atoms. The molecule has 20 heavy (non-hydrogen) atoms. The summed E-state index contributed by atoms with van der Waals surface area (Å²) in [5.74, 6) is -1.66. The zero-order valence-electron chi connectivity index (χ0n) is 12.1. The van der Waals surface area contributed by atoms with Gasteiger partial charge < -0.3 is 5.73 Å². The van der Waals surface area contributed by atoms with Crippen LogP contribution in [0, 0.1) is 11.6 Å². The lowest BCUT2D eigenvalue weighted by molar-refractivity contribution is 0.0841. The maximum atomic E-state index is 13.2. The number of hydrogen-bond donors (Lipinski definition) is 1. The van der Waals surface area contributed by atoms with Crippen molar-refractivity contribution in [3.8, 4) is 0 Å². The van der Waals surface area contributed by atoms with E-state index in [2.05, 4.69) is 23.6 Å². The van der Waals surface area contributed by atoms with E-state index in [0.717, 1.165) is 32.2 Å². The van der Waals surface area contributed by atoms with Crippen LogP contribution in [0.5, 0.6) is 0 Å². The number of nitrogens with two attached hydrogens (primary N) is 1. The molecule has 0 aromatic heterocycles. The molecule has 2 N–H and O–H groups in total. The van der Waals surface area contributed by atoms with Gasteiger partial charge in [-0.15, -0.1) is 0 Å². The minimum Gasteiger partial charge on any atom is -0.323 e. The Bertz CT molecular complexity index is 453. The van der Waals surface area contributed by atoms with Gasteiger partial charge in [-0.05, 0) is 31.2 Å². The topological polar surface area (TPSA) is 32.5 Å². The third-order valence-electron chi connectivity index (χ3n) is 4.08. The van der Waals surface area contributed by atoms with Crippen LogP contribution >= 0.6 is 0 Å². The molecule has 0 amide bonds. The van der Waals surface area contributed by atoms with E-state index in [-0.39, 0.29) is 6.04 Å². The zero-order chi connectivity index (χ0) is 14.7. The highest BCUT2D eigenvalue weighted by Crippen LogP contribution is 2.17. The molecular formula is C15H23F2N3. The zero-order valence-corrected chi connectivity index (χ0v) is 12.1. The first-order chi connectivity index (χ1) is 9.51. The molecule has 3 nitrogen and oxygen atoms in total. The minimum atomic E-state index is -0.831. The summed E-state index contributed by atoms with van der Waals surface area (Å²) >= 11 is 0. The lowest BCUT2D eigenvalue weighted by Crippen LogP contribution is -2.52. The summed E-state index contributed by atoms with van der Waals surface area (Å²) in [4.78, 5) is 4.72. The largest absolute Gasteiger partial charge is 0.323 e. The monoisotopic (exact) mass is 283 g/mol. The number of rotatable bonds is 4. The number of likely N-dealkylation sites (N-methyl/N-ethyl adjacent to an activating group) is 1. The van der Waals surface area contributed by atoms with Gasteiger partial charge >= 0.3 is 0 Å². The Labute approximate surface area is 119 Å². The van der Waals surface area contributed by atoms with Crippen LogP contribution in [0.4, 0.5) is 8.78 Å². The predicted molar refractivity (Wildman–Crippen MR) is 76.4 cm³/mol. The molecule has 0 aliphatic carbocycles. The molecule has 0 spiro atoms. The first-order valence-corrected chi connectivity index (χ1v) is 7.18. The van der Waals surface area contributed by atoms with E-state index in [1.165, 1.54) is 6.07 Å². The maximum Gasteiger partial charge on any atom is 0.159 e. The molecule has 1 aromatic carbocycles. The van der Waals surface area contributed by atoms with Gasteiger partial charge in [-0.25, -0.2) is 8.78 Å². The Morgan fingerprint density at radius 3 is 2.65 bits per heavy atom. The van der Waals surface area contributed by atoms with Crippen molar-refractivity contribution >= 4 is 0 Å². The molecule has 1 aliphatic heterocycles. The molecule has 1 fully saturated rings. The number of benzene rings is 1. The minimum absolute atomic E-state index is 0.287. The number of piperazine rings is 1. The number of nitrogens with zero attached hydrogens (tertiary/aromatic N) is 2. The van der Waals surface area contributed by atoms with Crippen LogP contribution in [0.2, 0.25) is 0 Å². The van der Waals surface area contributed by atoms with Crippen LogP contribution < -0.4 is 5.73 Å². The Morgan fingerprint density at radius 2 is 2.05 bits per heavy atom. The fourth-order valence-electron chi connectivity index (χ4n) is 2.83. The van der Waals surface area contributed by atoms with Gasteiger partial charge in [0.25, 0.3) is 0 Å². The van der Waals surface area contributed by atoms with Gasteiger partial charge in [-0.3, -0.25) is 9.80 Å². The number of hydrogen-bond acceptors (Lipinski definition) is 3. The summed E-state index contributed by atoms with van der Waals surface area (Å²) < 4.78 is 26.1. The van der Waals surface area contributed by atoms with Gasteiger partial charge in [0.15, 0.2) is 11.6 Å². The third-order valence-corrected chi connectivity index (χ3v) is 4.08. The molecule has 1 aromatic rings.